The minimum Gasteiger partial charge on any atom is -0.387 e. The van der Waals surface area contributed by atoms with Crippen molar-refractivity contribution in [2.75, 3.05) is 57.4 Å². The van der Waals surface area contributed by atoms with E-state index in [9.17, 15) is 5.11 Å². The molecule has 2 atom stereocenters. The zero-order valence-electron chi connectivity index (χ0n) is 19.6. The van der Waals surface area contributed by atoms with Gasteiger partial charge in [-0.2, -0.15) is 11.8 Å². The van der Waals surface area contributed by atoms with E-state index in [0.717, 1.165) is 56.7 Å². The maximum absolute atomic E-state index is 10.7. The average Bonchev–Trinajstić information content (AvgIpc) is 3.26. The van der Waals surface area contributed by atoms with Crippen molar-refractivity contribution in [3.05, 3.63) is 35.4 Å². The summed E-state index contributed by atoms with van der Waals surface area (Å²) < 4.78 is 5.56. The number of morpholine rings is 1. The van der Waals surface area contributed by atoms with E-state index in [0.29, 0.717) is 6.54 Å². The van der Waals surface area contributed by atoms with Crippen LogP contribution in [0.4, 0.5) is 0 Å². The molecule has 7 heteroatoms. The fourth-order valence-corrected chi connectivity index (χ4v) is 5.66. The average molecular weight is 449 g/mol. The highest BCUT2D eigenvalue weighted by atomic mass is 32.2. The van der Waals surface area contributed by atoms with Gasteiger partial charge < -0.3 is 20.5 Å². The van der Waals surface area contributed by atoms with Crippen LogP contribution in [-0.2, 0) is 10.2 Å². The van der Waals surface area contributed by atoms with E-state index in [-0.39, 0.29) is 11.0 Å². The predicted molar refractivity (Wildman–Crippen MR) is 131 cm³/mol. The molecule has 2 unspecified atom stereocenters. The first-order valence-electron chi connectivity index (χ1n) is 11.6. The second-order valence-electron chi connectivity index (χ2n) is 9.59. The van der Waals surface area contributed by atoms with Crippen molar-refractivity contribution in [1.82, 2.24) is 15.5 Å². The molecular formula is C24H40N4O2S. The van der Waals surface area contributed by atoms with Gasteiger partial charge in [-0.25, -0.2) is 0 Å². The van der Waals surface area contributed by atoms with Crippen molar-refractivity contribution in [1.29, 1.82) is 0 Å². The monoisotopic (exact) mass is 448 g/mol. The second kappa shape index (κ2) is 11.0. The maximum Gasteiger partial charge on any atom is 0.191 e. The molecule has 31 heavy (non-hydrogen) atoms. The highest BCUT2D eigenvalue weighted by Gasteiger charge is 2.40. The van der Waals surface area contributed by atoms with Gasteiger partial charge in [-0.05, 0) is 35.6 Å². The van der Waals surface area contributed by atoms with E-state index in [2.05, 4.69) is 55.4 Å². The summed E-state index contributed by atoms with van der Waals surface area (Å²) in [7, 11) is 0. The molecule has 3 N–H and O–H groups in total. The second-order valence-corrected chi connectivity index (χ2v) is 10.7. The lowest BCUT2D eigenvalue weighted by atomic mass is 9.86. The fourth-order valence-electron chi connectivity index (χ4n) is 4.19. The summed E-state index contributed by atoms with van der Waals surface area (Å²) >= 11 is 2.03. The summed E-state index contributed by atoms with van der Waals surface area (Å²) in [4.78, 5) is 7.52. The summed E-state index contributed by atoms with van der Waals surface area (Å²) in [6.07, 6.45) is 0.594. The van der Waals surface area contributed by atoms with Gasteiger partial charge in [0, 0.05) is 31.9 Å². The Morgan fingerprint density at radius 2 is 1.94 bits per heavy atom. The highest BCUT2D eigenvalue weighted by molar-refractivity contribution is 7.99. The third-order valence-corrected chi connectivity index (χ3v) is 7.50. The molecule has 0 aliphatic carbocycles. The van der Waals surface area contributed by atoms with Crippen LogP contribution in [0.25, 0.3) is 0 Å². The quantitative estimate of drug-likeness (QED) is 0.440. The molecule has 2 heterocycles. The molecule has 2 fully saturated rings. The molecule has 2 aliphatic rings. The Balaban J connectivity index is 1.61. The number of nitrogens with zero attached hydrogens (tertiary/aromatic N) is 2. The molecule has 0 radical (unpaired) electrons. The lowest BCUT2D eigenvalue weighted by molar-refractivity contribution is -0.0104. The van der Waals surface area contributed by atoms with Crippen LogP contribution >= 0.6 is 11.8 Å². The number of ether oxygens (including phenoxy) is 1. The van der Waals surface area contributed by atoms with Gasteiger partial charge in [0.25, 0.3) is 0 Å². The molecule has 2 aliphatic heterocycles. The predicted octanol–water partition coefficient (Wildman–Crippen LogP) is 2.78. The number of aliphatic hydroxyl groups is 1. The number of aliphatic hydroxyl groups excluding tert-OH is 1. The van der Waals surface area contributed by atoms with Crippen molar-refractivity contribution in [3.63, 3.8) is 0 Å². The maximum atomic E-state index is 10.7. The fraction of sp³-hybridized carbons (Fsp3) is 0.708. The van der Waals surface area contributed by atoms with Gasteiger partial charge in [0.15, 0.2) is 5.96 Å². The normalized spacial score (nSPS) is 24.2. The lowest BCUT2D eigenvalue weighted by Crippen LogP contribution is -2.56. The lowest BCUT2D eigenvalue weighted by Gasteiger charge is -2.42. The number of aliphatic imine (C=N–C) groups is 1. The highest BCUT2D eigenvalue weighted by Crippen LogP contribution is 2.34. The molecule has 0 amide bonds. The topological polar surface area (TPSA) is 69.1 Å². The van der Waals surface area contributed by atoms with Crippen molar-refractivity contribution < 1.29 is 9.84 Å². The molecule has 0 bridgehead atoms. The molecule has 174 valence electrons. The van der Waals surface area contributed by atoms with E-state index >= 15 is 0 Å². The van der Waals surface area contributed by atoms with Gasteiger partial charge in [-0.1, -0.05) is 45.0 Å². The van der Waals surface area contributed by atoms with E-state index in [1.54, 1.807) is 0 Å². The minimum absolute atomic E-state index is 0.113. The van der Waals surface area contributed by atoms with E-state index < -0.39 is 6.10 Å². The van der Waals surface area contributed by atoms with E-state index in [1.807, 2.05) is 23.9 Å². The smallest absolute Gasteiger partial charge is 0.191 e. The molecule has 0 saturated carbocycles. The Kier molecular flexibility index (Phi) is 8.67. The van der Waals surface area contributed by atoms with Crippen LogP contribution in [0.1, 0.15) is 51.3 Å². The Hall–Kier alpha value is -1.28. The minimum atomic E-state index is -0.576. The molecule has 3 rings (SSSR count). The Labute approximate surface area is 192 Å². The van der Waals surface area contributed by atoms with Gasteiger partial charge in [0.1, 0.15) is 0 Å². The number of rotatable bonds is 7. The van der Waals surface area contributed by atoms with Gasteiger partial charge in [-0.3, -0.25) is 9.89 Å². The SMILES string of the molecule is CCNC(=NCC1(N2CCOCC2)CCSC1)NCC(O)c1ccc(C(C)(C)C)cc1. The molecule has 2 saturated heterocycles. The molecule has 1 aromatic carbocycles. The molecule has 1 aromatic rings. The zero-order chi connectivity index (χ0) is 22.3. The zero-order valence-corrected chi connectivity index (χ0v) is 20.4. The van der Waals surface area contributed by atoms with Crippen LogP contribution < -0.4 is 10.6 Å². The molecular weight excluding hydrogens is 408 g/mol. The first-order valence-corrected chi connectivity index (χ1v) is 12.7. The molecule has 0 spiro atoms. The number of thioether (sulfide) groups is 1. The van der Waals surface area contributed by atoms with Gasteiger partial charge in [0.2, 0.25) is 0 Å². The number of hydrogen-bond donors (Lipinski definition) is 3. The first kappa shape index (κ1) is 24.4. The van der Waals surface area contributed by atoms with E-state index in [4.69, 9.17) is 9.73 Å². The molecule has 6 nitrogen and oxygen atoms in total. The number of guanidine groups is 1. The number of benzene rings is 1. The third-order valence-electron chi connectivity index (χ3n) is 6.26. The van der Waals surface area contributed by atoms with Crippen LogP contribution in [0.5, 0.6) is 0 Å². The van der Waals surface area contributed by atoms with Crippen LogP contribution in [0.3, 0.4) is 0 Å². The van der Waals surface area contributed by atoms with Crippen molar-refractivity contribution >= 4 is 17.7 Å². The van der Waals surface area contributed by atoms with E-state index in [1.165, 1.54) is 17.7 Å². The third kappa shape index (κ3) is 6.60. The van der Waals surface area contributed by atoms with Crippen molar-refractivity contribution in [2.45, 2.75) is 51.2 Å². The summed E-state index contributed by atoms with van der Waals surface area (Å²) in [5, 5.41) is 17.4. The summed E-state index contributed by atoms with van der Waals surface area (Å²) in [6, 6.07) is 8.28. The van der Waals surface area contributed by atoms with Crippen molar-refractivity contribution in [3.8, 4) is 0 Å². The van der Waals surface area contributed by atoms with Crippen LogP contribution in [0.2, 0.25) is 0 Å². The Morgan fingerprint density at radius 1 is 1.23 bits per heavy atom. The standard InChI is InChI=1S/C24H40N4O2S/c1-5-25-22(26-16-21(29)19-6-8-20(9-7-19)23(2,3)4)27-17-24(10-15-31-18-24)28-11-13-30-14-12-28/h6-9,21,29H,5,10-18H2,1-4H3,(H2,25,26,27). The van der Waals surface area contributed by atoms with Gasteiger partial charge >= 0.3 is 0 Å². The van der Waals surface area contributed by atoms with Crippen molar-refractivity contribution in [2.24, 2.45) is 4.99 Å². The number of nitrogens with one attached hydrogen (secondary N) is 2. The first-order chi connectivity index (χ1) is 14.8. The summed E-state index contributed by atoms with van der Waals surface area (Å²) in [5.41, 5.74) is 2.43. The Morgan fingerprint density at radius 3 is 2.52 bits per heavy atom. The summed E-state index contributed by atoms with van der Waals surface area (Å²) in [6.45, 7) is 14.3. The largest absolute Gasteiger partial charge is 0.387 e. The van der Waals surface area contributed by atoms with Crippen LogP contribution in [0, 0.1) is 0 Å². The van der Waals surface area contributed by atoms with Crippen LogP contribution in [0.15, 0.2) is 29.3 Å². The van der Waals surface area contributed by atoms with Gasteiger partial charge in [0.05, 0.1) is 31.4 Å². The Bertz CT molecular complexity index is 705. The molecule has 0 aromatic heterocycles. The summed E-state index contributed by atoms with van der Waals surface area (Å²) in [5.74, 6) is 3.09. The van der Waals surface area contributed by atoms with Crippen LogP contribution in [-0.4, -0.2) is 78.9 Å². The number of hydrogen-bond acceptors (Lipinski definition) is 5. The van der Waals surface area contributed by atoms with Gasteiger partial charge in [-0.15, -0.1) is 0 Å².